The SMILES string of the molecule is CC1(C)CCC(NC2(CN)CSCC(C)(C)C2)C1. The summed E-state index contributed by atoms with van der Waals surface area (Å²) in [5.41, 5.74) is 7.25. The van der Waals surface area contributed by atoms with E-state index in [1.807, 2.05) is 0 Å². The standard InChI is InChI=1S/C15H30N2S/c1-13(2)6-5-12(7-13)17-15(9-16)8-14(3,4)10-18-11-15/h12,17H,5-11,16H2,1-4H3. The van der Waals surface area contributed by atoms with E-state index in [-0.39, 0.29) is 5.54 Å². The van der Waals surface area contributed by atoms with Crippen LogP contribution in [0, 0.1) is 10.8 Å². The zero-order valence-corrected chi connectivity index (χ0v) is 13.3. The van der Waals surface area contributed by atoms with Gasteiger partial charge in [-0.1, -0.05) is 27.7 Å². The highest BCUT2D eigenvalue weighted by Crippen LogP contribution is 2.42. The first-order valence-corrected chi connectivity index (χ1v) is 8.47. The van der Waals surface area contributed by atoms with Crippen molar-refractivity contribution < 1.29 is 0 Å². The molecule has 0 aromatic heterocycles. The van der Waals surface area contributed by atoms with Gasteiger partial charge in [0.15, 0.2) is 0 Å². The molecule has 3 N–H and O–H groups in total. The molecule has 1 aliphatic heterocycles. The number of rotatable bonds is 3. The molecule has 0 spiro atoms. The number of hydrogen-bond acceptors (Lipinski definition) is 3. The van der Waals surface area contributed by atoms with E-state index in [9.17, 15) is 0 Å². The van der Waals surface area contributed by atoms with Crippen LogP contribution in [-0.2, 0) is 0 Å². The molecule has 2 nitrogen and oxygen atoms in total. The van der Waals surface area contributed by atoms with Gasteiger partial charge in [-0.2, -0.15) is 11.8 Å². The molecule has 106 valence electrons. The fourth-order valence-corrected chi connectivity index (χ4v) is 5.27. The zero-order chi connectivity index (χ0) is 13.4. The van der Waals surface area contributed by atoms with Crippen LogP contribution in [0.4, 0.5) is 0 Å². The highest BCUT2D eigenvalue weighted by molar-refractivity contribution is 7.99. The van der Waals surface area contributed by atoms with E-state index in [1.54, 1.807) is 0 Å². The van der Waals surface area contributed by atoms with Crippen LogP contribution in [0.25, 0.3) is 0 Å². The average Bonchev–Trinajstić information content (AvgIpc) is 2.56. The molecule has 0 radical (unpaired) electrons. The number of hydrogen-bond donors (Lipinski definition) is 2. The van der Waals surface area contributed by atoms with Crippen molar-refractivity contribution in [2.45, 2.75) is 65.0 Å². The molecule has 1 aliphatic carbocycles. The van der Waals surface area contributed by atoms with Gasteiger partial charge in [-0.25, -0.2) is 0 Å². The predicted molar refractivity (Wildman–Crippen MR) is 82.1 cm³/mol. The van der Waals surface area contributed by atoms with Crippen LogP contribution in [0.15, 0.2) is 0 Å². The lowest BCUT2D eigenvalue weighted by atomic mass is 9.79. The number of thioether (sulfide) groups is 1. The molecule has 1 saturated heterocycles. The Labute approximate surface area is 117 Å². The van der Waals surface area contributed by atoms with Gasteiger partial charge in [-0.15, -0.1) is 0 Å². The highest BCUT2D eigenvalue weighted by Gasteiger charge is 2.42. The second kappa shape index (κ2) is 4.99. The van der Waals surface area contributed by atoms with Crippen molar-refractivity contribution in [3.8, 4) is 0 Å². The molecular weight excluding hydrogens is 240 g/mol. The van der Waals surface area contributed by atoms with Crippen LogP contribution in [0.5, 0.6) is 0 Å². The second-order valence-corrected chi connectivity index (χ2v) is 9.05. The van der Waals surface area contributed by atoms with Crippen LogP contribution in [0.1, 0.15) is 53.4 Å². The summed E-state index contributed by atoms with van der Waals surface area (Å²) >= 11 is 2.07. The van der Waals surface area contributed by atoms with Crippen molar-refractivity contribution in [2.24, 2.45) is 16.6 Å². The largest absolute Gasteiger partial charge is 0.329 e. The third kappa shape index (κ3) is 3.43. The van der Waals surface area contributed by atoms with Crippen LogP contribution in [-0.4, -0.2) is 29.6 Å². The summed E-state index contributed by atoms with van der Waals surface area (Å²) < 4.78 is 0. The van der Waals surface area contributed by atoms with E-state index in [4.69, 9.17) is 5.73 Å². The minimum absolute atomic E-state index is 0.178. The molecule has 0 bridgehead atoms. The molecule has 0 aromatic rings. The Balaban J connectivity index is 2.00. The maximum absolute atomic E-state index is 6.13. The van der Waals surface area contributed by atoms with Gasteiger partial charge in [-0.3, -0.25) is 0 Å². The molecule has 1 saturated carbocycles. The lowest BCUT2D eigenvalue weighted by Gasteiger charge is -2.46. The lowest BCUT2D eigenvalue weighted by molar-refractivity contribution is 0.205. The zero-order valence-electron chi connectivity index (χ0n) is 12.5. The topological polar surface area (TPSA) is 38.0 Å². The fourth-order valence-electron chi connectivity index (χ4n) is 3.82. The van der Waals surface area contributed by atoms with Gasteiger partial charge >= 0.3 is 0 Å². The molecule has 2 rings (SSSR count). The average molecular weight is 270 g/mol. The van der Waals surface area contributed by atoms with Crippen LogP contribution >= 0.6 is 11.8 Å². The van der Waals surface area contributed by atoms with E-state index >= 15 is 0 Å². The molecule has 2 atom stereocenters. The van der Waals surface area contributed by atoms with Gasteiger partial charge in [-0.05, 0) is 42.3 Å². The Morgan fingerprint density at radius 3 is 2.39 bits per heavy atom. The third-order valence-electron chi connectivity index (χ3n) is 4.56. The van der Waals surface area contributed by atoms with Crippen LogP contribution < -0.4 is 11.1 Å². The van der Waals surface area contributed by atoms with Gasteiger partial charge in [0.2, 0.25) is 0 Å². The molecular formula is C15H30N2S. The first kappa shape index (κ1) is 14.7. The van der Waals surface area contributed by atoms with Gasteiger partial charge in [0, 0.05) is 23.9 Å². The minimum atomic E-state index is 0.178. The molecule has 1 heterocycles. The van der Waals surface area contributed by atoms with E-state index < -0.39 is 0 Å². The summed E-state index contributed by atoms with van der Waals surface area (Å²) in [6.45, 7) is 10.3. The van der Waals surface area contributed by atoms with Crippen LogP contribution in [0.3, 0.4) is 0 Å². The Bertz CT molecular complexity index is 301. The number of nitrogens with one attached hydrogen (secondary N) is 1. The molecule has 18 heavy (non-hydrogen) atoms. The minimum Gasteiger partial charge on any atom is -0.329 e. The van der Waals surface area contributed by atoms with E-state index in [0.717, 1.165) is 6.54 Å². The molecule has 3 heteroatoms. The van der Waals surface area contributed by atoms with Crippen molar-refractivity contribution in [3.63, 3.8) is 0 Å². The van der Waals surface area contributed by atoms with Gasteiger partial charge in [0.05, 0.1) is 0 Å². The first-order chi connectivity index (χ1) is 8.26. The van der Waals surface area contributed by atoms with Crippen molar-refractivity contribution in [1.29, 1.82) is 0 Å². The Hall–Kier alpha value is 0.270. The Morgan fingerprint density at radius 2 is 1.89 bits per heavy atom. The van der Waals surface area contributed by atoms with Crippen molar-refractivity contribution in [1.82, 2.24) is 5.32 Å². The fraction of sp³-hybridized carbons (Fsp3) is 1.00. The lowest BCUT2D eigenvalue weighted by Crippen LogP contribution is -2.60. The van der Waals surface area contributed by atoms with E-state index in [1.165, 1.54) is 37.2 Å². The predicted octanol–water partition coefficient (Wildman–Crippen LogP) is 3.02. The van der Waals surface area contributed by atoms with Crippen molar-refractivity contribution in [2.75, 3.05) is 18.1 Å². The number of nitrogens with two attached hydrogens (primary N) is 1. The van der Waals surface area contributed by atoms with Gasteiger partial charge in [0.25, 0.3) is 0 Å². The summed E-state index contributed by atoms with van der Waals surface area (Å²) in [6.07, 6.45) is 5.20. The van der Waals surface area contributed by atoms with Gasteiger partial charge in [0.1, 0.15) is 0 Å². The summed E-state index contributed by atoms with van der Waals surface area (Å²) in [5.74, 6) is 2.45. The monoisotopic (exact) mass is 270 g/mol. The smallest absolute Gasteiger partial charge is 0.0402 e. The van der Waals surface area contributed by atoms with E-state index in [0.29, 0.717) is 16.9 Å². The summed E-state index contributed by atoms with van der Waals surface area (Å²) in [6, 6.07) is 0.679. The van der Waals surface area contributed by atoms with Crippen molar-refractivity contribution in [3.05, 3.63) is 0 Å². The molecule has 0 aromatic carbocycles. The molecule has 2 unspecified atom stereocenters. The molecule has 0 amide bonds. The van der Waals surface area contributed by atoms with Crippen molar-refractivity contribution >= 4 is 11.8 Å². The summed E-state index contributed by atoms with van der Waals surface area (Å²) in [4.78, 5) is 0. The quantitative estimate of drug-likeness (QED) is 0.828. The Morgan fingerprint density at radius 1 is 1.17 bits per heavy atom. The maximum Gasteiger partial charge on any atom is 0.0402 e. The third-order valence-corrected chi connectivity index (χ3v) is 6.30. The van der Waals surface area contributed by atoms with Gasteiger partial charge < -0.3 is 11.1 Å². The summed E-state index contributed by atoms with van der Waals surface area (Å²) in [7, 11) is 0. The summed E-state index contributed by atoms with van der Waals surface area (Å²) in [5, 5.41) is 3.95. The highest BCUT2D eigenvalue weighted by atomic mass is 32.2. The maximum atomic E-state index is 6.13. The first-order valence-electron chi connectivity index (χ1n) is 7.32. The van der Waals surface area contributed by atoms with E-state index in [2.05, 4.69) is 44.8 Å². The normalized spacial score (nSPS) is 38.8. The second-order valence-electron chi connectivity index (χ2n) is 8.07. The van der Waals surface area contributed by atoms with Crippen LogP contribution in [0.2, 0.25) is 0 Å². The molecule has 2 fully saturated rings. The Kier molecular flexibility index (Phi) is 4.07. The molecule has 2 aliphatic rings.